The quantitative estimate of drug-likeness (QED) is 0.205. The summed E-state index contributed by atoms with van der Waals surface area (Å²) in [5.41, 5.74) is 7.50. The van der Waals surface area contributed by atoms with Gasteiger partial charge in [-0.15, -0.1) is 0 Å². The monoisotopic (exact) mass is 532 g/mol. The summed E-state index contributed by atoms with van der Waals surface area (Å²) in [5.74, 6) is -1.69. The molecule has 2 aliphatic heterocycles. The molecule has 0 atom stereocenters. The van der Waals surface area contributed by atoms with Crippen LogP contribution >= 0.6 is 0 Å². The highest BCUT2D eigenvalue weighted by Crippen LogP contribution is 2.52. The molecule has 0 spiro atoms. The summed E-state index contributed by atoms with van der Waals surface area (Å²) in [6, 6.07) is 25.4. The molecule has 40 heavy (non-hydrogen) atoms. The zero-order chi connectivity index (χ0) is 27.7. The molecular weight excluding hydrogens is 512 g/mol. The molecule has 2 aliphatic rings. The maximum atomic E-state index is 14.3. The van der Waals surface area contributed by atoms with E-state index in [4.69, 9.17) is 0 Å². The normalized spacial score (nSPS) is 13.5. The number of hydrogen-bond acceptors (Lipinski definition) is 2. The van der Waals surface area contributed by atoms with Crippen molar-refractivity contribution in [3.8, 4) is 0 Å². The summed E-state index contributed by atoms with van der Waals surface area (Å²) in [5, 5.41) is 0. The van der Waals surface area contributed by atoms with Gasteiger partial charge in [-0.2, -0.15) is 0 Å². The van der Waals surface area contributed by atoms with Crippen LogP contribution in [0.4, 0.5) is 51.7 Å². The lowest BCUT2D eigenvalue weighted by molar-refractivity contribution is 0.625. The van der Waals surface area contributed by atoms with Crippen molar-refractivity contribution >= 4 is 45.3 Å². The minimum atomic E-state index is -0.422. The molecule has 7 rings (SSSR count). The van der Waals surface area contributed by atoms with Crippen molar-refractivity contribution in [2.24, 2.45) is 0 Å². The molecule has 0 unspecified atom stereocenters. The van der Waals surface area contributed by atoms with Crippen molar-refractivity contribution in [3.05, 3.63) is 156 Å². The molecule has 0 saturated heterocycles. The van der Waals surface area contributed by atoms with Gasteiger partial charge in [-0.25, -0.2) is 17.6 Å². The molecule has 2 nitrogen and oxygen atoms in total. The van der Waals surface area contributed by atoms with E-state index in [1.54, 1.807) is 24.3 Å². The van der Waals surface area contributed by atoms with E-state index in [9.17, 15) is 17.6 Å². The zero-order valence-corrected chi connectivity index (χ0v) is 21.1. The van der Waals surface area contributed by atoms with E-state index in [2.05, 4.69) is 13.2 Å². The van der Waals surface area contributed by atoms with E-state index in [0.29, 0.717) is 56.1 Å². The number of rotatable bonds is 2. The van der Waals surface area contributed by atoms with Crippen LogP contribution in [0.5, 0.6) is 0 Å². The van der Waals surface area contributed by atoms with Gasteiger partial charge in [-0.05, 0) is 102 Å². The molecule has 0 aromatic heterocycles. The average molecular weight is 533 g/mol. The summed E-state index contributed by atoms with van der Waals surface area (Å²) in [6.07, 6.45) is 0. The third-order valence-electron chi connectivity index (χ3n) is 7.44. The van der Waals surface area contributed by atoms with Crippen molar-refractivity contribution in [2.45, 2.75) is 0 Å². The second kappa shape index (κ2) is 8.71. The molecule has 5 aromatic carbocycles. The van der Waals surface area contributed by atoms with Crippen LogP contribution in [0.25, 0.3) is 11.1 Å². The van der Waals surface area contributed by atoms with Crippen molar-refractivity contribution in [1.29, 1.82) is 0 Å². The number of nitrogens with zero attached hydrogens (tertiary/aromatic N) is 2. The Labute approximate surface area is 228 Å². The van der Waals surface area contributed by atoms with Gasteiger partial charge >= 0.3 is 0 Å². The lowest BCUT2D eigenvalue weighted by atomic mass is 9.90. The van der Waals surface area contributed by atoms with Crippen LogP contribution in [0.15, 0.2) is 110 Å². The molecule has 2 heterocycles. The van der Waals surface area contributed by atoms with E-state index < -0.39 is 23.3 Å². The first-order valence-corrected chi connectivity index (χ1v) is 12.6. The third kappa shape index (κ3) is 3.57. The van der Waals surface area contributed by atoms with Gasteiger partial charge in [0.15, 0.2) is 0 Å². The van der Waals surface area contributed by atoms with E-state index in [1.807, 2.05) is 34.1 Å². The molecule has 0 fully saturated rings. The Morgan fingerprint density at radius 2 is 0.700 bits per heavy atom. The Morgan fingerprint density at radius 3 is 1.00 bits per heavy atom. The molecule has 0 aliphatic carbocycles. The first-order valence-electron chi connectivity index (χ1n) is 12.6. The van der Waals surface area contributed by atoms with Gasteiger partial charge in [-0.1, -0.05) is 19.2 Å². The summed E-state index contributed by atoms with van der Waals surface area (Å²) >= 11 is 0. The predicted molar refractivity (Wildman–Crippen MR) is 152 cm³/mol. The molecule has 5 aromatic rings. The van der Waals surface area contributed by atoms with Gasteiger partial charge in [0.25, 0.3) is 0 Å². The smallest absolute Gasteiger partial charge is 0.123 e. The summed E-state index contributed by atoms with van der Waals surface area (Å²) < 4.78 is 57.3. The van der Waals surface area contributed by atoms with Crippen LogP contribution in [0.2, 0.25) is 0 Å². The molecule has 0 radical (unpaired) electrons. The fourth-order valence-electron chi connectivity index (χ4n) is 5.66. The highest BCUT2D eigenvalue weighted by atomic mass is 19.1. The van der Waals surface area contributed by atoms with Crippen LogP contribution in [0.1, 0.15) is 22.3 Å². The Balaban J connectivity index is 1.45. The van der Waals surface area contributed by atoms with Crippen molar-refractivity contribution in [2.75, 3.05) is 9.80 Å². The summed E-state index contributed by atoms with van der Waals surface area (Å²) in [7, 11) is 0. The van der Waals surface area contributed by atoms with E-state index in [0.717, 1.165) is 11.4 Å². The highest BCUT2D eigenvalue weighted by Gasteiger charge is 2.30. The van der Waals surface area contributed by atoms with E-state index in [1.165, 1.54) is 48.5 Å². The van der Waals surface area contributed by atoms with Gasteiger partial charge in [-0.3, -0.25) is 0 Å². The maximum Gasteiger partial charge on any atom is 0.123 e. The van der Waals surface area contributed by atoms with Gasteiger partial charge in [0.05, 0.1) is 22.7 Å². The minimum Gasteiger partial charge on any atom is -0.309 e. The molecule has 0 saturated carbocycles. The fourth-order valence-corrected chi connectivity index (χ4v) is 5.66. The Hall–Kier alpha value is -5.10. The van der Waals surface area contributed by atoms with E-state index in [-0.39, 0.29) is 0 Å². The van der Waals surface area contributed by atoms with E-state index >= 15 is 0 Å². The molecule has 6 heteroatoms. The van der Waals surface area contributed by atoms with Crippen molar-refractivity contribution < 1.29 is 17.6 Å². The first kappa shape index (κ1) is 24.0. The van der Waals surface area contributed by atoms with Crippen LogP contribution in [0.3, 0.4) is 0 Å². The minimum absolute atomic E-state index is 0.422. The Morgan fingerprint density at radius 1 is 0.400 bits per heavy atom. The number of fused-ring (bicyclic) bond motifs is 4. The summed E-state index contributed by atoms with van der Waals surface area (Å²) in [6.45, 7) is 8.26. The van der Waals surface area contributed by atoms with Gasteiger partial charge in [0.1, 0.15) is 23.3 Å². The molecule has 0 N–H and O–H groups in total. The number of anilines is 6. The highest BCUT2D eigenvalue weighted by molar-refractivity contribution is 6.02. The molecule has 0 bridgehead atoms. The number of benzene rings is 5. The average Bonchev–Trinajstić information content (AvgIpc) is 2.95. The number of halogens is 4. The standard InChI is InChI=1S/C34H20F4N2/c1-19-27-14-21(35)6-10-31(27)39(32-11-7-22(36)15-28(19)32)25-4-3-5-26(18-25)40-33-12-8-23(37)16-29(33)20(2)30-17-24(38)9-13-34(30)40/h3-18H,1-2H2. The maximum absolute atomic E-state index is 14.3. The molecular formula is C34H20F4N2. The Bertz CT molecular complexity index is 1660. The second-order valence-electron chi connectivity index (χ2n) is 9.79. The van der Waals surface area contributed by atoms with Gasteiger partial charge in [0, 0.05) is 33.6 Å². The van der Waals surface area contributed by atoms with Gasteiger partial charge < -0.3 is 9.80 Å². The van der Waals surface area contributed by atoms with Gasteiger partial charge in [0.2, 0.25) is 0 Å². The molecule has 0 amide bonds. The number of hydrogen-bond donors (Lipinski definition) is 0. The predicted octanol–water partition coefficient (Wildman–Crippen LogP) is 9.93. The summed E-state index contributed by atoms with van der Waals surface area (Å²) in [4.78, 5) is 3.86. The van der Waals surface area contributed by atoms with Crippen LogP contribution < -0.4 is 9.80 Å². The second-order valence-corrected chi connectivity index (χ2v) is 9.79. The van der Waals surface area contributed by atoms with Crippen LogP contribution in [0, 0.1) is 23.3 Å². The fraction of sp³-hybridized carbons (Fsp3) is 0. The van der Waals surface area contributed by atoms with Crippen molar-refractivity contribution in [1.82, 2.24) is 0 Å². The lowest BCUT2D eigenvalue weighted by Gasteiger charge is -2.37. The topological polar surface area (TPSA) is 6.48 Å². The molecule has 194 valence electrons. The third-order valence-corrected chi connectivity index (χ3v) is 7.44. The van der Waals surface area contributed by atoms with Crippen molar-refractivity contribution in [3.63, 3.8) is 0 Å². The Kier molecular flexibility index (Phi) is 5.22. The first-order chi connectivity index (χ1) is 19.3. The van der Waals surface area contributed by atoms with Crippen LogP contribution in [-0.4, -0.2) is 0 Å². The van der Waals surface area contributed by atoms with Crippen LogP contribution in [-0.2, 0) is 0 Å². The zero-order valence-electron chi connectivity index (χ0n) is 21.1. The largest absolute Gasteiger partial charge is 0.309 e. The SMILES string of the molecule is C=C1c2cc(F)ccc2N(c2cccc(N3c4ccc(F)cc4C(=C)c4cc(F)ccc43)c2)c2ccc(F)cc21. The lowest BCUT2D eigenvalue weighted by Crippen LogP contribution is -2.20.